The summed E-state index contributed by atoms with van der Waals surface area (Å²) in [5.74, 6) is 0.584. The number of hydrogen-bond acceptors (Lipinski definition) is 3. The molecular formula is C16H17ClN2O2. The van der Waals surface area contributed by atoms with Crippen molar-refractivity contribution in [3.8, 4) is 5.75 Å². The van der Waals surface area contributed by atoms with Crippen molar-refractivity contribution < 1.29 is 9.53 Å². The summed E-state index contributed by atoms with van der Waals surface area (Å²) in [6, 6.07) is 10.9. The van der Waals surface area contributed by atoms with Crippen molar-refractivity contribution in [2.75, 3.05) is 14.2 Å². The van der Waals surface area contributed by atoms with Crippen molar-refractivity contribution in [2.45, 2.75) is 13.5 Å². The van der Waals surface area contributed by atoms with Gasteiger partial charge in [-0.05, 0) is 25.1 Å². The van der Waals surface area contributed by atoms with Crippen molar-refractivity contribution in [3.05, 3.63) is 58.4 Å². The smallest absolute Gasteiger partial charge is 0.272 e. The maximum atomic E-state index is 12.3. The molecular weight excluding hydrogens is 288 g/mol. The van der Waals surface area contributed by atoms with Crippen LogP contribution in [0.1, 0.15) is 21.6 Å². The number of aromatic nitrogens is 1. The summed E-state index contributed by atoms with van der Waals surface area (Å²) in [5.41, 5.74) is 2.40. The predicted octanol–water partition coefficient (Wildman–Crippen LogP) is 3.32. The lowest BCUT2D eigenvalue weighted by Gasteiger charge is -2.19. The van der Waals surface area contributed by atoms with Crippen LogP contribution < -0.4 is 4.74 Å². The zero-order valence-corrected chi connectivity index (χ0v) is 13.0. The number of ether oxygens (including phenoxy) is 1. The molecule has 0 unspecified atom stereocenters. The number of amides is 1. The Balaban J connectivity index is 2.19. The van der Waals surface area contributed by atoms with Crippen LogP contribution in [0.5, 0.6) is 5.75 Å². The van der Waals surface area contributed by atoms with Crippen molar-refractivity contribution in [1.29, 1.82) is 0 Å². The largest absolute Gasteiger partial charge is 0.496 e. The van der Waals surface area contributed by atoms with Crippen LogP contribution in [0.2, 0.25) is 5.15 Å². The molecule has 0 spiro atoms. The summed E-state index contributed by atoms with van der Waals surface area (Å²) in [5, 5.41) is 0.308. The van der Waals surface area contributed by atoms with E-state index in [9.17, 15) is 4.79 Å². The molecule has 1 aromatic carbocycles. The molecule has 5 heteroatoms. The van der Waals surface area contributed by atoms with E-state index in [1.165, 1.54) is 0 Å². The van der Waals surface area contributed by atoms with Gasteiger partial charge in [0, 0.05) is 19.2 Å². The topological polar surface area (TPSA) is 42.4 Å². The Bertz CT molecular complexity index is 658. The van der Waals surface area contributed by atoms with Gasteiger partial charge in [-0.25, -0.2) is 4.98 Å². The molecule has 0 atom stereocenters. The second-order valence-corrected chi connectivity index (χ2v) is 5.21. The summed E-state index contributed by atoms with van der Waals surface area (Å²) in [7, 11) is 3.35. The summed E-state index contributed by atoms with van der Waals surface area (Å²) in [4.78, 5) is 18.0. The third-order valence-electron chi connectivity index (χ3n) is 3.12. The molecule has 4 nitrogen and oxygen atoms in total. The maximum absolute atomic E-state index is 12.3. The molecule has 0 fully saturated rings. The Labute approximate surface area is 129 Å². The number of nitrogens with zero attached hydrogens (tertiary/aromatic N) is 2. The lowest BCUT2D eigenvalue weighted by atomic mass is 10.1. The quantitative estimate of drug-likeness (QED) is 0.814. The minimum absolute atomic E-state index is 0.180. The van der Waals surface area contributed by atoms with Crippen LogP contribution in [-0.4, -0.2) is 29.9 Å². The van der Waals surface area contributed by atoms with Gasteiger partial charge in [-0.2, -0.15) is 0 Å². The van der Waals surface area contributed by atoms with E-state index in [2.05, 4.69) is 4.98 Å². The highest BCUT2D eigenvalue weighted by Gasteiger charge is 2.15. The SMILES string of the molecule is COc1ccc(C)cc1CN(C)C(=O)c1cccc(Cl)n1. The fourth-order valence-corrected chi connectivity index (χ4v) is 2.24. The molecule has 0 N–H and O–H groups in total. The highest BCUT2D eigenvalue weighted by atomic mass is 35.5. The average Bonchev–Trinajstić information content (AvgIpc) is 2.46. The third-order valence-corrected chi connectivity index (χ3v) is 3.33. The van der Waals surface area contributed by atoms with Crippen molar-refractivity contribution in [3.63, 3.8) is 0 Å². The van der Waals surface area contributed by atoms with E-state index in [1.54, 1.807) is 37.3 Å². The third kappa shape index (κ3) is 3.73. The first-order valence-electron chi connectivity index (χ1n) is 6.53. The molecule has 2 aromatic rings. The van der Waals surface area contributed by atoms with Gasteiger partial charge in [-0.3, -0.25) is 4.79 Å². The van der Waals surface area contributed by atoms with Gasteiger partial charge in [0.2, 0.25) is 0 Å². The van der Waals surface area contributed by atoms with Crippen molar-refractivity contribution >= 4 is 17.5 Å². The molecule has 0 bridgehead atoms. The standard InChI is InChI=1S/C16H17ClN2O2/c1-11-7-8-14(21-3)12(9-11)10-19(2)16(20)13-5-4-6-15(17)18-13/h4-9H,10H2,1-3H3. The molecule has 110 valence electrons. The van der Waals surface area contributed by atoms with E-state index in [0.717, 1.165) is 16.9 Å². The monoisotopic (exact) mass is 304 g/mol. The van der Waals surface area contributed by atoms with Crippen LogP contribution in [0, 0.1) is 6.92 Å². The normalized spacial score (nSPS) is 10.3. The Hall–Kier alpha value is -2.07. The zero-order chi connectivity index (χ0) is 15.4. The lowest BCUT2D eigenvalue weighted by molar-refractivity contribution is 0.0778. The number of methoxy groups -OCH3 is 1. The number of pyridine rings is 1. The minimum Gasteiger partial charge on any atom is -0.496 e. The first-order valence-corrected chi connectivity index (χ1v) is 6.90. The number of halogens is 1. The Morgan fingerprint density at radius 3 is 2.76 bits per heavy atom. The van der Waals surface area contributed by atoms with Crippen LogP contribution in [0.15, 0.2) is 36.4 Å². The molecule has 1 heterocycles. The molecule has 2 rings (SSSR count). The average molecular weight is 305 g/mol. The first-order chi connectivity index (χ1) is 10.0. The van der Waals surface area contributed by atoms with Crippen molar-refractivity contribution in [1.82, 2.24) is 9.88 Å². The molecule has 21 heavy (non-hydrogen) atoms. The zero-order valence-electron chi connectivity index (χ0n) is 12.3. The summed E-state index contributed by atoms with van der Waals surface area (Å²) in [6.07, 6.45) is 0. The van der Waals surface area contributed by atoms with Gasteiger partial charge in [0.05, 0.1) is 7.11 Å². The number of aryl methyl sites for hydroxylation is 1. The molecule has 0 radical (unpaired) electrons. The number of benzene rings is 1. The van der Waals surface area contributed by atoms with Crippen LogP contribution in [-0.2, 0) is 6.54 Å². The van der Waals surface area contributed by atoms with Gasteiger partial charge in [0.15, 0.2) is 0 Å². The van der Waals surface area contributed by atoms with E-state index in [0.29, 0.717) is 17.4 Å². The van der Waals surface area contributed by atoms with E-state index < -0.39 is 0 Å². The van der Waals surface area contributed by atoms with Gasteiger partial charge in [0.1, 0.15) is 16.6 Å². The lowest BCUT2D eigenvalue weighted by Crippen LogP contribution is -2.27. The van der Waals surface area contributed by atoms with Gasteiger partial charge in [-0.1, -0.05) is 35.4 Å². The van der Waals surface area contributed by atoms with Crippen molar-refractivity contribution in [2.24, 2.45) is 0 Å². The number of carbonyl (C=O) groups is 1. The molecule has 0 aliphatic heterocycles. The molecule has 0 saturated carbocycles. The molecule has 0 aliphatic carbocycles. The highest BCUT2D eigenvalue weighted by molar-refractivity contribution is 6.29. The second-order valence-electron chi connectivity index (χ2n) is 4.82. The second kappa shape index (κ2) is 6.59. The van der Waals surface area contributed by atoms with Gasteiger partial charge in [0.25, 0.3) is 5.91 Å². The van der Waals surface area contributed by atoms with Crippen LogP contribution in [0.3, 0.4) is 0 Å². The Kier molecular flexibility index (Phi) is 4.81. The first kappa shape index (κ1) is 15.3. The molecule has 1 aromatic heterocycles. The number of hydrogen-bond donors (Lipinski definition) is 0. The number of rotatable bonds is 4. The summed E-state index contributed by atoms with van der Waals surface area (Å²) < 4.78 is 5.33. The van der Waals surface area contributed by atoms with Gasteiger partial charge in [-0.15, -0.1) is 0 Å². The van der Waals surface area contributed by atoms with Crippen LogP contribution >= 0.6 is 11.6 Å². The Morgan fingerprint density at radius 2 is 2.10 bits per heavy atom. The van der Waals surface area contributed by atoms with Gasteiger partial charge >= 0.3 is 0 Å². The fourth-order valence-electron chi connectivity index (χ4n) is 2.08. The summed E-state index contributed by atoms with van der Waals surface area (Å²) >= 11 is 5.82. The minimum atomic E-state index is -0.180. The van der Waals surface area contributed by atoms with E-state index in [-0.39, 0.29) is 5.91 Å². The predicted molar refractivity (Wildman–Crippen MR) is 82.8 cm³/mol. The van der Waals surface area contributed by atoms with Crippen LogP contribution in [0.4, 0.5) is 0 Å². The van der Waals surface area contributed by atoms with Crippen LogP contribution in [0.25, 0.3) is 0 Å². The number of carbonyl (C=O) groups excluding carboxylic acids is 1. The van der Waals surface area contributed by atoms with Gasteiger partial charge < -0.3 is 9.64 Å². The highest BCUT2D eigenvalue weighted by Crippen LogP contribution is 2.21. The van der Waals surface area contributed by atoms with E-state index in [1.807, 2.05) is 25.1 Å². The molecule has 0 aliphatic rings. The summed E-state index contributed by atoms with van der Waals surface area (Å²) in [6.45, 7) is 2.45. The fraction of sp³-hybridized carbons (Fsp3) is 0.250. The van der Waals surface area contributed by atoms with E-state index >= 15 is 0 Å². The van der Waals surface area contributed by atoms with E-state index in [4.69, 9.17) is 16.3 Å². The molecule has 1 amide bonds. The molecule has 0 saturated heterocycles. The maximum Gasteiger partial charge on any atom is 0.272 e. The Morgan fingerprint density at radius 1 is 1.33 bits per heavy atom.